The number of nitrogens with one attached hydrogen (secondary N) is 1. The van der Waals surface area contributed by atoms with Crippen molar-refractivity contribution in [3.63, 3.8) is 0 Å². The van der Waals surface area contributed by atoms with Crippen LogP contribution in [-0.2, 0) is 0 Å². The molecular formula is C22H34N4O2. The van der Waals surface area contributed by atoms with Crippen molar-refractivity contribution in [3.8, 4) is 0 Å². The van der Waals surface area contributed by atoms with Gasteiger partial charge >= 0.3 is 6.03 Å². The Morgan fingerprint density at radius 3 is 2.50 bits per heavy atom. The van der Waals surface area contributed by atoms with Crippen molar-refractivity contribution < 1.29 is 9.59 Å². The fraction of sp³-hybridized carbons (Fsp3) is 0.636. The fourth-order valence-electron chi connectivity index (χ4n) is 4.19. The lowest BCUT2D eigenvalue weighted by Gasteiger charge is -2.23. The number of benzene rings is 1. The zero-order chi connectivity index (χ0) is 19.9. The molecule has 3 amide bonds. The zero-order valence-electron chi connectivity index (χ0n) is 17.3. The Morgan fingerprint density at radius 1 is 1.04 bits per heavy atom. The third-order valence-electron chi connectivity index (χ3n) is 5.63. The summed E-state index contributed by atoms with van der Waals surface area (Å²) in [6, 6.07) is 9.39. The highest BCUT2D eigenvalue weighted by Crippen LogP contribution is 2.17. The molecule has 6 heteroatoms. The number of urea groups is 1. The molecule has 1 aromatic carbocycles. The summed E-state index contributed by atoms with van der Waals surface area (Å²) in [5.41, 5.74) is 0.715. The molecular weight excluding hydrogens is 352 g/mol. The van der Waals surface area contributed by atoms with Gasteiger partial charge in [0, 0.05) is 51.4 Å². The highest BCUT2D eigenvalue weighted by atomic mass is 16.2. The summed E-state index contributed by atoms with van der Waals surface area (Å²) >= 11 is 0. The quantitative estimate of drug-likeness (QED) is 0.846. The van der Waals surface area contributed by atoms with Crippen molar-refractivity contribution >= 4 is 11.9 Å². The Labute approximate surface area is 168 Å². The van der Waals surface area contributed by atoms with E-state index >= 15 is 0 Å². The number of hydrogen-bond acceptors (Lipinski definition) is 3. The van der Waals surface area contributed by atoms with Gasteiger partial charge in [-0.3, -0.25) is 4.79 Å². The van der Waals surface area contributed by atoms with Crippen LogP contribution < -0.4 is 5.32 Å². The number of likely N-dealkylation sites (tertiary alicyclic amines) is 1. The number of rotatable bonds is 5. The maximum atomic E-state index is 12.6. The number of carbonyl (C=O) groups is 2. The first kappa shape index (κ1) is 20.6. The van der Waals surface area contributed by atoms with Crippen molar-refractivity contribution in [1.82, 2.24) is 20.0 Å². The Balaban J connectivity index is 1.42. The minimum absolute atomic E-state index is 0.0105. The Morgan fingerprint density at radius 2 is 1.75 bits per heavy atom. The third-order valence-corrected chi connectivity index (χ3v) is 5.63. The standard InChI is InChI=1S/C22H34N4O2/c1-18(2)16-24-12-9-19(17-24)15-23-22(28)26-11-6-10-25(13-14-26)21(27)20-7-4-3-5-8-20/h3-5,7-8,18-19H,6,9-17H2,1-2H3,(H,23,28). The van der Waals surface area contributed by atoms with Gasteiger partial charge in [-0.2, -0.15) is 0 Å². The van der Waals surface area contributed by atoms with Gasteiger partial charge in [-0.05, 0) is 43.4 Å². The molecule has 0 saturated carbocycles. The number of nitrogens with zero attached hydrogens (tertiary/aromatic N) is 3. The molecule has 28 heavy (non-hydrogen) atoms. The predicted octanol–water partition coefficient (Wildman–Crippen LogP) is 2.52. The van der Waals surface area contributed by atoms with Gasteiger partial charge in [-0.25, -0.2) is 4.79 Å². The van der Waals surface area contributed by atoms with Crippen LogP contribution in [0.2, 0.25) is 0 Å². The molecule has 1 unspecified atom stereocenters. The largest absolute Gasteiger partial charge is 0.338 e. The summed E-state index contributed by atoms with van der Waals surface area (Å²) in [6.45, 7) is 11.2. The van der Waals surface area contributed by atoms with Crippen LogP contribution >= 0.6 is 0 Å². The average molecular weight is 387 g/mol. The normalized spacial score (nSPS) is 21.0. The molecule has 154 valence electrons. The summed E-state index contributed by atoms with van der Waals surface area (Å²) in [5, 5.41) is 3.13. The molecule has 0 aromatic heterocycles. The number of hydrogen-bond donors (Lipinski definition) is 1. The number of carbonyl (C=O) groups excluding carboxylic acids is 2. The van der Waals surface area contributed by atoms with Crippen LogP contribution in [0.15, 0.2) is 30.3 Å². The van der Waals surface area contributed by atoms with Gasteiger partial charge in [0.25, 0.3) is 5.91 Å². The monoisotopic (exact) mass is 386 g/mol. The lowest BCUT2D eigenvalue weighted by molar-refractivity contribution is 0.0762. The molecule has 3 rings (SSSR count). The smallest absolute Gasteiger partial charge is 0.317 e. The van der Waals surface area contributed by atoms with Crippen LogP contribution in [0.4, 0.5) is 4.79 Å². The van der Waals surface area contributed by atoms with E-state index in [1.54, 1.807) is 0 Å². The van der Waals surface area contributed by atoms with E-state index in [9.17, 15) is 9.59 Å². The molecule has 0 spiro atoms. The van der Waals surface area contributed by atoms with Crippen molar-refractivity contribution in [2.24, 2.45) is 11.8 Å². The van der Waals surface area contributed by atoms with Gasteiger partial charge in [0.2, 0.25) is 0 Å². The summed E-state index contributed by atoms with van der Waals surface area (Å²) in [6.07, 6.45) is 1.98. The maximum absolute atomic E-state index is 12.6. The van der Waals surface area contributed by atoms with E-state index in [1.165, 1.54) is 0 Å². The van der Waals surface area contributed by atoms with Crippen molar-refractivity contribution in [2.75, 3.05) is 52.4 Å². The Hall–Kier alpha value is -2.08. The van der Waals surface area contributed by atoms with Crippen LogP contribution in [0.1, 0.15) is 37.0 Å². The van der Waals surface area contributed by atoms with Gasteiger partial charge < -0.3 is 20.0 Å². The van der Waals surface area contributed by atoms with E-state index < -0.39 is 0 Å². The van der Waals surface area contributed by atoms with Gasteiger partial charge in [-0.15, -0.1) is 0 Å². The highest BCUT2D eigenvalue weighted by molar-refractivity contribution is 5.94. The molecule has 2 fully saturated rings. The van der Waals surface area contributed by atoms with Crippen molar-refractivity contribution in [3.05, 3.63) is 35.9 Å². The van der Waals surface area contributed by atoms with Crippen LogP contribution in [0, 0.1) is 11.8 Å². The topological polar surface area (TPSA) is 55.9 Å². The van der Waals surface area contributed by atoms with Crippen LogP contribution in [0.5, 0.6) is 0 Å². The molecule has 6 nitrogen and oxygen atoms in total. The summed E-state index contributed by atoms with van der Waals surface area (Å²) in [5.74, 6) is 1.29. The first-order chi connectivity index (χ1) is 13.5. The van der Waals surface area contributed by atoms with Gasteiger partial charge in [0.15, 0.2) is 0 Å². The van der Waals surface area contributed by atoms with E-state index in [1.807, 2.05) is 40.1 Å². The predicted molar refractivity (Wildman–Crippen MR) is 111 cm³/mol. The van der Waals surface area contributed by atoms with E-state index in [0.29, 0.717) is 43.6 Å². The first-order valence-electron chi connectivity index (χ1n) is 10.6. The average Bonchev–Trinajstić information content (AvgIpc) is 2.98. The maximum Gasteiger partial charge on any atom is 0.317 e. The molecule has 2 heterocycles. The Bertz CT molecular complexity index is 649. The summed E-state index contributed by atoms with van der Waals surface area (Å²) in [4.78, 5) is 31.5. The molecule has 2 saturated heterocycles. The molecule has 0 aliphatic carbocycles. The van der Waals surface area contributed by atoms with E-state index in [-0.39, 0.29) is 11.9 Å². The second-order valence-electron chi connectivity index (χ2n) is 8.49. The minimum atomic E-state index is 0.0105. The van der Waals surface area contributed by atoms with Gasteiger partial charge in [0.1, 0.15) is 0 Å². The van der Waals surface area contributed by atoms with Gasteiger partial charge in [-0.1, -0.05) is 32.0 Å². The molecule has 1 N–H and O–H groups in total. The second-order valence-corrected chi connectivity index (χ2v) is 8.49. The van der Waals surface area contributed by atoms with Crippen LogP contribution in [0.3, 0.4) is 0 Å². The van der Waals surface area contributed by atoms with E-state index in [0.717, 1.165) is 39.0 Å². The highest BCUT2D eigenvalue weighted by Gasteiger charge is 2.25. The van der Waals surface area contributed by atoms with Crippen LogP contribution in [-0.4, -0.2) is 79.0 Å². The SMILES string of the molecule is CC(C)CN1CCC(CNC(=O)N2CCCN(C(=O)c3ccccc3)CC2)C1. The van der Waals surface area contributed by atoms with Crippen molar-refractivity contribution in [2.45, 2.75) is 26.7 Å². The molecule has 2 aliphatic rings. The third kappa shape index (κ3) is 5.71. The Kier molecular flexibility index (Phi) is 7.31. The van der Waals surface area contributed by atoms with Crippen molar-refractivity contribution in [1.29, 1.82) is 0 Å². The van der Waals surface area contributed by atoms with E-state index in [2.05, 4.69) is 24.1 Å². The summed E-state index contributed by atoms with van der Waals surface area (Å²) in [7, 11) is 0. The molecule has 1 aromatic rings. The summed E-state index contributed by atoms with van der Waals surface area (Å²) < 4.78 is 0. The molecule has 2 aliphatic heterocycles. The number of amides is 3. The van der Waals surface area contributed by atoms with E-state index in [4.69, 9.17) is 0 Å². The lowest BCUT2D eigenvalue weighted by Crippen LogP contribution is -2.44. The van der Waals surface area contributed by atoms with Gasteiger partial charge in [0.05, 0.1) is 0 Å². The molecule has 0 radical (unpaired) electrons. The molecule has 0 bridgehead atoms. The lowest BCUT2D eigenvalue weighted by atomic mass is 10.1. The fourth-order valence-corrected chi connectivity index (χ4v) is 4.19. The second kappa shape index (κ2) is 9.92. The molecule has 1 atom stereocenters. The first-order valence-corrected chi connectivity index (χ1v) is 10.6. The minimum Gasteiger partial charge on any atom is -0.338 e. The van der Waals surface area contributed by atoms with Crippen LogP contribution in [0.25, 0.3) is 0 Å². The zero-order valence-corrected chi connectivity index (χ0v) is 17.3.